The van der Waals surface area contributed by atoms with Crippen molar-refractivity contribution >= 4 is 12.0 Å². The average molecular weight is 328 g/mol. The molecule has 24 heavy (non-hydrogen) atoms. The van der Waals surface area contributed by atoms with Crippen molar-refractivity contribution in [3.63, 3.8) is 0 Å². The maximum atomic E-state index is 12.4. The predicted molar refractivity (Wildman–Crippen MR) is 88.7 cm³/mol. The van der Waals surface area contributed by atoms with E-state index in [0.717, 1.165) is 10.6 Å². The molecule has 1 N–H and O–H groups in total. The molecule has 0 aliphatic rings. The topological polar surface area (TPSA) is 67.9 Å². The molecule has 2 rings (SSSR count). The van der Waals surface area contributed by atoms with Gasteiger partial charge in [0.05, 0.1) is 7.11 Å². The summed E-state index contributed by atoms with van der Waals surface area (Å²) in [6.07, 6.45) is -0.675. The minimum atomic E-state index is -0.889. The molecule has 0 aliphatic carbocycles. The molecule has 1 unspecified atom stereocenters. The molecule has 2 amide bonds. The van der Waals surface area contributed by atoms with Crippen molar-refractivity contribution in [3.8, 4) is 0 Å². The molecule has 126 valence electrons. The largest absolute Gasteiger partial charge is 0.445 e. The van der Waals surface area contributed by atoms with E-state index in [1.807, 2.05) is 36.4 Å². The average Bonchev–Trinajstić information content (AvgIpc) is 2.64. The van der Waals surface area contributed by atoms with Crippen LogP contribution in [-0.2, 0) is 21.0 Å². The minimum absolute atomic E-state index is 0.127. The molecule has 0 saturated carbocycles. The lowest BCUT2D eigenvalue weighted by Crippen LogP contribution is -2.41. The molecule has 2 aromatic rings. The van der Waals surface area contributed by atoms with Gasteiger partial charge in [0.15, 0.2) is 0 Å². The first-order valence-electron chi connectivity index (χ1n) is 7.45. The fourth-order valence-electron chi connectivity index (χ4n) is 2.09. The number of ether oxygens (including phenoxy) is 1. The maximum absolute atomic E-state index is 12.4. The second-order valence-electron chi connectivity index (χ2n) is 5.07. The molecule has 0 aliphatic heterocycles. The fraction of sp³-hybridized carbons (Fsp3) is 0.222. The number of hydrogen-bond acceptors (Lipinski definition) is 4. The van der Waals surface area contributed by atoms with Crippen LogP contribution in [0, 0.1) is 0 Å². The lowest BCUT2D eigenvalue weighted by Gasteiger charge is -2.22. The summed E-state index contributed by atoms with van der Waals surface area (Å²) in [6.45, 7) is 0.127. The van der Waals surface area contributed by atoms with Gasteiger partial charge in [-0.1, -0.05) is 60.7 Å². The molecule has 6 nitrogen and oxygen atoms in total. The summed E-state index contributed by atoms with van der Waals surface area (Å²) in [5, 5.41) is 3.65. The van der Waals surface area contributed by atoms with E-state index in [0.29, 0.717) is 5.56 Å². The van der Waals surface area contributed by atoms with E-state index in [9.17, 15) is 9.59 Å². The quantitative estimate of drug-likeness (QED) is 0.828. The van der Waals surface area contributed by atoms with Crippen LogP contribution in [0.4, 0.5) is 4.79 Å². The molecule has 2 aromatic carbocycles. The predicted octanol–water partition coefficient (Wildman–Crippen LogP) is 2.67. The van der Waals surface area contributed by atoms with Crippen molar-refractivity contribution in [1.29, 1.82) is 0 Å². The Labute approximate surface area is 140 Å². The van der Waals surface area contributed by atoms with Gasteiger partial charge in [0.2, 0.25) is 0 Å². The van der Waals surface area contributed by atoms with E-state index in [1.165, 1.54) is 14.2 Å². The van der Waals surface area contributed by atoms with Crippen LogP contribution in [0.1, 0.15) is 17.2 Å². The highest BCUT2D eigenvalue weighted by atomic mass is 16.7. The van der Waals surface area contributed by atoms with E-state index in [4.69, 9.17) is 9.57 Å². The summed E-state index contributed by atoms with van der Waals surface area (Å²) < 4.78 is 5.18. The molecule has 6 heteroatoms. The van der Waals surface area contributed by atoms with E-state index in [-0.39, 0.29) is 6.61 Å². The lowest BCUT2D eigenvalue weighted by atomic mass is 10.1. The lowest BCUT2D eigenvalue weighted by molar-refractivity contribution is -0.171. The molecule has 0 fully saturated rings. The Kier molecular flexibility index (Phi) is 6.33. The molecular formula is C18H20N2O4. The number of hydrogen-bond donors (Lipinski definition) is 1. The summed E-state index contributed by atoms with van der Waals surface area (Å²) >= 11 is 0. The first-order valence-corrected chi connectivity index (χ1v) is 7.45. The van der Waals surface area contributed by atoms with Crippen molar-refractivity contribution in [1.82, 2.24) is 10.4 Å². The Bertz CT molecular complexity index is 661. The van der Waals surface area contributed by atoms with Crippen LogP contribution < -0.4 is 5.32 Å². The highest BCUT2D eigenvalue weighted by molar-refractivity contribution is 5.86. The van der Waals surface area contributed by atoms with Crippen molar-refractivity contribution in [3.05, 3.63) is 71.8 Å². The Morgan fingerprint density at radius 3 is 2.21 bits per heavy atom. The smallest absolute Gasteiger partial charge is 0.408 e. The van der Waals surface area contributed by atoms with Crippen LogP contribution in [0.2, 0.25) is 0 Å². The second-order valence-corrected chi connectivity index (χ2v) is 5.07. The minimum Gasteiger partial charge on any atom is -0.445 e. The normalized spacial score (nSPS) is 11.4. The number of nitrogens with one attached hydrogen (secondary N) is 1. The van der Waals surface area contributed by atoms with E-state index in [2.05, 4.69) is 5.32 Å². The summed E-state index contributed by atoms with van der Waals surface area (Å²) in [5.74, 6) is -0.402. The van der Waals surface area contributed by atoms with E-state index < -0.39 is 18.0 Å². The van der Waals surface area contributed by atoms with Gasteiger partial charge in [-0.05, 0) is 11.1 Å². The van der Waals surface area contributed by atoms with Gasteiger partial charge in [0.25, 0.3) is 5.91 Å². The van der Waals surface area contributed by atoms with Crippen LogP contribution in [0.5, 0.6) is 0 Å². The van der Waals surface area contributed by atoms with Crippen LogP contribution in [0.15, 0.2) is 60.7 Å². The monoisotopic (exact) mass is 328 g/mol. The van der Waals surface area contributed by atoms with Crippen LogP contribution in [0.3, 0.4) is 0 Å². The third-order valence-electron chi connectivity index (χ3n) is 3.44. The summed E-state index contributed by atoms with van der Waals surface area (Å²) in [6, 6.07) is 17.3. The number of carbonyl (C=O) groups is 2. The SMILES string of the molecule is CON(C)C(=O)C(NC(=O)OCc1ccccc1)c1ccccc1. The van der Waals surface area contributed by atoms with Crippen molar-refractivity contribution in [2.45, 2.75) is 12.6 Å². The number of carbonyl (C=O) groups excluding carboxylic acids is 2. The molecule has 0 bridgehead atoms. The van der Waals surface area contributed by atoms with Gasteiger partial charge in [0.1, 0.15) is 12.6 Å². The van der Waals surface area contributed by atoms with E-state index in [1.54, 1.807) is 24.3 Å². The van der Waals surface area contributed by atoms with Gasteiger partial charge in [0, 0.05) is 7.05 Å². The highest BCUT2D eigenvalue weighted by Gasteiger charge is 2.26. The number of amides is 2. The van der Waals surface area contributed by atoms with Gasteiger partial charge in [-0.15, -0.1) is 0 Å². The molecule has 0 radical (unpaired) electrons. The maximum Gasteiger partial charge on any atom is 0.408 e. The number of likely N-dealkylation sites (N-methyl/N-ethyl adjacent to an activating group) is 1. The van der Waals surface area contributed by atoms with E-state index >= 15 is 0 Å². The number of rotatable bonds is 6. The standard InChI is InChI=1S/C18H20N2O4/c1-20(23-2)17(21)16(15-11-7-4-8-12-15)19-18(22)24-13-14-9-5-3-6-10-14/h3-12,16H,13H2,1-2H3,(H,19,22). The van der Waals surface area contributed by atoms with Crippen LogP contribution >= 0.6 is 0 Å². The van der Waals surface area contributed by atoms with Crippen molar-refractivity contribution < 1.29 is 19.2 Å². The molecule has 0 aromatic heterocycles. The summed E-state index contributed by atoms with van der Waals surface area (Å²) in [5.41, 5.74) is 1.51. The van der Waals surface area contributed by atoms with Crippen LogP contribution in [-0.4, -0.2) is 31.2 Å². The van der Waals surface area contributed by atoms with Crippen molar-refractivity contribution in [2.24, 2.45) is 0 Å². The number of nitrogens with zero attached hydrogens (tertiary/aromatic N) is 1. The number of alkyl carbamates (subject to hydrolysis) is 1. The van der Waals surface area contributed by atoms with Gasteiger partial charge in [-0.3, -0.25) is 9.63 Å². The zero-order valence-corrected chi connectivity index (χ0v) is 13.6. The van der Waals surface area contributed by atoms with Gasteiger partial charge >= 0.3 is 6.09 Å². The highest BCUT2D eigenvalue weighted by Crippen LogP contribution is 2.16. The third kappa shape index (κ3) is 4.82. The Hall–Kier alpha value is -2.86. The summed E-state index contributed by atoms with van der Waals surface area (Å²) in [7, 11) is 2.86. The zero-order valence-electron chi connectivity index (χ0n) is 13.6. The number of hydroxylamine groups is 2. The zero-order chi connectivity index (χ0) is 17.4. The number of benzene rings is 2. The Morgan fingerprint density at radius 1 is 1.04 bits per heavy atom. The van der Waals surface area contributed by atoms with Gasteiger partial charge in [-0.2, -0.15) is 0 Å². The first-order chi connectivity index (χ1) is 11.6. The second kappa shape index (κ2) is 8.69. The molecule has 0 spiro atoms. The molecule has 0 saturated heterocycles. The van der Waals surface area contributed by atoms with Gasteiger partial charge < -0.3 is 10.1 Å². The molecule has 1 atom stereocenters. The Balaban J connectivity index is 2.04. The molecular weight excluding hydrogens is 308 g/mol. The van der Waals surface area contributed by atoms with Gasteiger partial charge in [-0.25, -0.2) is 9.86 Å². The van der Waals surface area contributed by atoms with Crippen LogP contribution in [0.25, 0.3) is 0 Å². The molecule has 0 heterocycles. The third-order valence-corrected chi connectivity index (χ3v) is 3.44. The Morgan fingerprint density at radius 2 is 1.62 bits per heavy atom. The first kappa shape index (κ1) is 17.5. The fourth-order valence-corrected chi connectivity index (χ4v) is 2.09. The summed E-state index contributed by atoms with van der Waals surface area (Å²) in [4.78, 5) is 29.4. The van der Waals surface area contributed by atoms with Crippen molar-refractivity contribution in [2.75, 3.05) is 14.2 Å².